The van der Waals surface area contributed by atoms with Gasteiger partial charge in [-0.05, 0) is 31.2 Å². The fourth-order valence-electron chi connectivity index (χ4n) is 2.84. The smallest absolute Gasteiger partial charge is 0.226 e. The van der Waals surface area contributed by atoms with E-state index in [1.807, 2.05) is 19.1 Å². The van der Waals surface area contributed by atoms with Crippen LogP contribution in [0.5, 0.6) is 0 Å². The van der Waals surface area contributed by atoms with E-state index in [0.717, 1.165) is 11.3 Å². The molecular formula is C19H20N2O4S3. The van der Waals surface area contributed by atoms with Crippen molar-refractivity contribution in [1.29, 1.82) is 0 Å². The molecule has 0 N–H and O–H groups in total. The SMILES string of the molecule is Cc1ccc(S(=O)(=O)c2nc(SCc3ccco3)sc2N2CCOCC2)cc1. The Bertz CT molecular complexity index is 1020. The third-order valence-corrected chi connectivity index (χ3v) is 8.46. The van der Waals surface area contributed by atoms with Gasteiger partial charge in [-0.1, -0.05) is 40.8 Å². The zero-order valence-corrected chi connectivity index (χ0v) is 17.8. The predicted octanol–water partition coefficient (Wildman–Crippen LogP) is 4.01. The van der Waals surface area contributed by atoms with Gasteiger partial charge in [0, 0.05) is 13.1 Å². The molecule has 6 nitrogen and oxygen atoms in total. The van der Waals surface area contributed by atoms with E-state index in [2.05, 4.69) is 9.88 Å². The number of aromatic nitrogens is 1. The fourth-order valence-corrected chi connectivity index (χ4v) is 6.68. The zero-order valence-electron chi connectivity index (χ0n) is 15.3. The molecule has 1 aromatic carbocycles. The third-order valence-electron chi connectivity index (χ3n) is 4.36. The lowest BCUT2D eigenvalue weighted by Gasteiger charge is -2.27. The molecule has 0 amide bonds. The summed E-state index contributed by atoms with van der Waals surface area (Å²) >= 11 is 2.90. The van der Waals surface area contributed by atoms with Crippen LogP contribution in [0.1, 0.15) is 11.3 Å². The molecule has 148 valence electrons. The van der Waals surface area contributed by atoms with Gasteiger partial charge in [0.25, 0.3) is 0 Å². The van der Waals surface area contributed by atoms with Gasteiger partial charge in [0.2, 0.25) is 9.84 Å². The number of rotatable bonds is 6. The summed E-state index contributed by atoms with van der Waals surface area (Å²) in [7, 11) is -3.71. The highest BCUT2D eigenvalue weighted by Crippen LogP contribution is 2.40. The molecule has 0 aliphatic carbocycles. The summed E-state index contributed by atoms with van der Waals surface area (Å²) in [5.41, 5.74) is 1.01. The number of hydrogen-bond donors (Lipinski definition) is 0. The topological polar surface area (TPSA) is 72.6 Å². The van der Waals surface area contributed by atoms with Gasteiger partial charge in [-0.25, -0.2) is 13.4 Å². The van der Waals surface area contributed by atoms with Crippen molar-refractivity contribution in [1.82, 2.24) is 4.98 Å². The molecule has 3 heterocycles. The molecule has 9 heteroatoms. The molecule has 28 heavy (non-hydrogen) atoms. The molecule has 1 fully saturated rings. The molecule has 0 unspecified atom stereocenters. The number of hydrogen-bond acceptors (Lipinski definition) is 8. The fraction of sp³-hybridized carbons (Fsp3) is 0.316. The quantitative estimate of drug-likeness (QED) is 0.541. The van der Waals surface area contributed by atoms with Crippen LogP contribution in [0.4, 0.5) is 5.00 Å². The second kappa shape index (κ2) is 8.28. The Morgan fingerprint density at radius 1 is 1.18 bits per heavy atom. The summed E-state index contributed by atoms with van der Waals surface area (Å²) in [6.07, 6.45) is 1.63. The number of furan rings is 1. The van der Waals surface area contributed by atoms with E-state index in [1.54, 1.807) is 30.5 Å². The number of thiazole rings is 1. The van der Waals surface area contributed by atoms with Crippen molar-refractivity contribution in [2.24, 2.45) is 0 Å². The van der Waals surface area contributed by atoms with E-state index in [0.29, 0.717) is 41.4 Å². The van der Waals surface area contributed by atoms with Crippen molar-refractivity contribution in [3.8, 4) is 0 Å². The zero-order chi connectivity index (χ0) is 19.6. The summed E-state index contributed by atoms with van der Waals surface area (Å²) in [6, 6.07) is 10.6. The van der Waals surface area contributed by atoms with Gasteiger partial charge in [0.1, 0.15) is 10.8 Å². The number of aryl methyl sites for hydroxylation is 1. The number of nitrogens with zero attached hydrogens (tertiary/aromatic N) is 2. The standard InChI is InChI=1S/C19H20N2O4S3/c1-14-4-6-16(7-5-14)28(22,23)17-18(21-8-11-24-12-9-21)27-19(20-17)26-13-15-3-2-10-25-15/h2-7,10H,8-9,11-13H2,1H3. The first kappa shape index (κ1) is 19.5. The summed E-state index contributed by atoms with van der Waals surface area (Å²) < 4.78 is 38.1. The van der Waals surface area contributed by atoms with Gasteiger partial charge in [-0.3, -0.25) is 0 Å². The lowest BCUT2D eigenvalue weighted by molar-refractivity contribution is 0.123. The first-order valence-electron chi connectivity index (χ1n) is 8.84. The van der Waals surface area contributed by atoms with Crippen LogP contribution in [-0.2, 0) is 20.3 Å². The van der Waals surface area contributed by atoms with Gasteiger partial charge in [-0.2, -0.15) is 0 Å². The van der Waals surface area contributed by atoms with Crippen LogP contribution in [0.25, 0.3) is 0 Å². The summed E-state index contributed by atoms with van der Waals surface area (Å²) in [4.78, 5) is 6.84. The van der Waals surface area contributed by atoms with E-state index in [9.17, 15) is 8.42 Å². The summed E-state index contributed by atoms with van der Waals surface area (Å²) in [5.74, 6) is 1.43. The van der Waals surface area contributed by atoms with Crippen LogP contribution in [0.2, 0.25) is 0 Å². The summed E-state index contributed by atoms with van der Waals surface area (Å²) in [5, 5.41) is 0.816. The maximum absolute atomic E-state index is 13.3. The molecule has 3 aromatic rings. The molecule has 0 radical (unpaired) electrons. The van der Waals surface area contributed by atoms with Crippen LogP contribution in [-0.4, -0.2) is 39.7 Å². The van der Waals surface area contributed by atoms with Crippen molar-refractivity contribution < 1.29 is 17.6 Å². The molecule has 0 spiro atoms. The van der Waals surface area contributed by atoms with Gasteiger partial charge >= 0.3 is 0 Å². The monoisotopic (exact) mass is 436 g/mol. The lowest BCUT2D eigenvalue weighted by Crippen LogP contribution is -2.36. The van der Waals surface area contributed by atoms with Crippen LogP contribution in [0.3, 0.4) is 0 Å². The predicted molar refractivity (Wildman–Crippen MR) is 110 cm³/mol. The van der Waals surface area contributed by atoms with Crippen LogP contribution >= 0.6 is 23.1 Å². The number of ether oxygens (including phenoxy) is 1. The Hall–Kier alpha value is -1.81. The number of morpholine rings is 1. The molecule has 1 aliphatic rings. The minimum Gasteiger partial charge on any atom is -0.468 e. The maximum atomic E-state index is 13.3. The van der Waals surface area contributed by atoms with Gasteiger partial charge < -0.3 is 14.1 Å². The van der Waals surface area contributed by atoms with Crippen molar-refractivity contribution in [2.45, 2.75) is 26.9 Å². The van der Waals surface area contributed by atoms with Crippen molar-refractivity contribution in [2.75, 3.05) is 31.2 Å². The van der Waals surface area contributed by atoms with Crippen molar-refractivity contribution in [3.05, 3.63) is 54.0 Å². The van der Waals surface area contributed by atoms with Crippen LogP contribution < -0.4 is 4.90 Å². The van der Waals surface area contributed by atoms with E-state index in [4.69, 9.17) is 9.15 Å². The molecule has 2 aromatic heterocycles. The second-order valence-electron chi connectivity index (χ2n) is 6.37. The average molecular weight is 437 g/mol. The Kier molecular flexibility index (Phi) is 5.77. The number of thioether (sulfide) groups is 1. The van der Waals surface area contributed by atoms with Gasteiger partial charge in [-0.15, -0.1) is 0 Å². The molecule has 1 saturated heterocycles. The number of benzene rings is 1. The lowest BCUT2D eigenvalue weighted by atomic mass is 10.2. The minimum atomic E-state index is -3.71. The second-order valence-corrected chi connectivity index (χ2v) is 10.4. The summed E-state index contributed by atoms with van der Waals surface area (Å²) in [6.45, 7) is 4.40. The number of anilines is 1. The minimum absolute atomic E-state index is 0.130. The molecule has 0 atom stereocenters. The van der Waals surface area contributed by atoms with E-state index < -0.39 is 9.84 Å². The molecule has 1 aliphatic heterocycles. The Morgan fingerprint density at radius 2 is 1.93 bits per heavy atom. The highest BCUT2D eigenvalue weighted by Gasteiger charge is 2.30. The van der Waals surface area contributed by atoms with Crippen molar-refractivity contribution in [3.63, 3.8) is 0 Å². The molecule has 0 bridgehead atoms. The first-order chi connectivity index (χ1) is 13.5. The molecular weight excluding hydrogens is 416 g/mol. The van der Waals surface area contributed by atoms with Crippen LogP contribution in [0, 0.1) is 6.92 Å². The Labute approximate surface area is 172 Å². The average Bonchev–Trinajstić information content (AvgIpc) is 3.37. The van der Waals surface area contributed by atoms with E-state index >= 15 is 0 Å². The Balaban J connectivity index is 1.69. The Morgan fingerprint density at radius 3 is 2.61 bits per heavy atom. The normalized spacial score (nSPS) is 15.1. The van der Waals surface area contributed by atoms with Gasteiger partial charge in [0.05, 0.1) is 30.1 Å². The highest BCUT2D eigenvalue weighted by atomic mass is 32.2. The van der Waals surface area contributed by atoms with Crippen LogP contribution in [0.15, 0.2) is 61.3 Å². The van der Waals surface area contributed by atoms with Gasteiger partial charge in [0.15, 0.2) is 9.37 Å². The highest BCUT2D eigenvalue weighted by molar-refractivity contribution is 8.00. The van der Waals surface area contributed by atoms with Crippen molar-refractivity contribution >= 4 is 37.9 Å². The third kappa shape index (κ3) is 4.12. The number of sulfone groups is 1. The van der Waals surface area contributed by atoms with E-state index in [-0.39, 0.29) is 9.92 Å². The maximum Gasteiger partial charge on any atom is 0.226 e. The molecule has 0 saturated carbocycles. The van der Waals surface area contributed by atoms with E-state index in [1.165, 1.54) is 23.1 Å². The first-order valence-corrected chi connectivity index (χ1v) is 12.1. The largest absolute Gasteiger partial charge is 0.468 e. The molecule has 4 rings (SSSR count).